The minimum Gasteiger partial charge on any atom is -0.429 e. The van der Waals surface area contributed by atoms with Gasteiger partial charge in [0.2, 0.25) is 0 Å². The third-order valence-corrected chi connectivity index (χ3v) is 2.44. The summed E-state index contributed by atoms with van der Waals surface area (Å²) in [6.07, 6.45) is 8.68. The van der Waals surface area contributed by atoms with Crippen LogP contribution in [0, 0.1) is 12.3 Å². The molecule has 0 unspecified atom stereocenters. The van der Waals surface area contributed by atoms with Gasteiger partial charge in [0.1, 0.15) is 0 Å². The number of nitrogens with two attached hydrogens (primary N) is 1. The minimum atomic E-state index is -0.942. The van der Waals surface area contributed by atoms with E-state index in [-0.39, 0.29) is 0 Å². The number of hydrogen-bond donors (Lipinski definition) is 2. The van der Waals surface area contributed by atoms with Crippen LogP contribution >= 0.6 is 0 Å². The van der Waals surface area contributed by atoms with E-state index < -0.39 is 17.7 Å². The van der Waals surface area contributed by atoms with Crippen LogP contribution in [0.4, 0.5) is 9.59 Å². The van der Waals surface area contributed by atoms with Gasteiger partial charge >= 0.3 is 12.1 Å². The Kier molecular flexibility index (Phi) is 3.56. The maximum atomic E-state index is 11.2. The lowest BCUT2D eigenvalue weighted by atomic mass is 9.85. The number of urea groups is 1. The Bertz CT molecular complexity index is 300. The van der Waals surface area contributed by atoms with E-state index in [0.29, 0.717) is 12.8 Å². The van der Waals surface area contributed by atoms with Gasteiger partial charge in [-0.2, -0.15) is 0 Å². The topological polar surface area (TPSA) is 81.4 Å². The molecule has 0 heterocycles. The van der Waals surface area contributed by atoms with Crippen LogP contribution in [0.15, 0.2) is 0 Å². The van der Waals surface area contributed by atoms with Gasteiger partial charge in [0.05, 0.1) is 0 Å². The third-order valence-electron chi connectivity index (χ3n) is 2.44. The Morgan fingerprint density at radius 1 is 1.33 bits per heavy atom. The molecule has 0 bridgehead atoms. The van der Waals surface area contributed by atoms with E-state index in [0.717, 1.165) is 19.3 Å². The molecule has 0 saturated heterocycles. The Morgan fingerprint density at radius 3 is 2.40 bits per heavy atom. The number of imide groups is 1. The summed E-state index contributed by atoms with van der Waals surface area (Å²) in [7, 11) is 0. The average Bonchev–Trinajstić information content (AvgIpc) is 2.17. The molecule has 1 saturated carbocycles. The number of nitrogens with one attached hydrogen (secondary N) is 1. The highest BCUT2D eigenvalue weighted by Crippen LogP contribution is 2.30. The van der Waals surface area contributed by atoms with Crippen molar-refractivity contribution in [3.8, 4) is 12.3 Å². The molecule has 0 radical (unpaired) electrons. The summed E-state index contributed by atoms with van der Waals surface area (Å²) in [5.74, 6) is 2.49. The highest BCUT2D eigenvalue weighted by Gasteiger charge is 2.34. The van der Waals surface area contributed by atoms with Crippen LogP contribution in [0.3, 0.4) is 0 Å². The normalized spacial score (nSPS) is 18.6. The summed E-state index contributed by atoms with van der Waals surface area (Å²) in [5, 5.41) is 1.83. The van der Waals surface area contributed by atoms with Crippen LogP contribution in [-0.4, -0.2) is 17.7 Å². The average molecular weight is 210 g/mol. The lowest BCUT2D eigenvalue weighted by Gasteiger charge is -2.31. The van der Waals surface area contributed by atoms with Crippen molar-refractivity contribution in [3.63, 3.8) is 0 Å². The van der Waals surface area contributed by atoms with Gasteiger partial charge in [0.15, 0.2) is 5.60 Å². The zero-order valence-electron chi connectivity index (χ0n) is 8.41. The van der Waals surface area contributed by atoms with Crippen molar-refractivity contribution in [3.05, 3.63) is 0 Å². The number of rotatable bonds is 1. The summed E-state index contributed by atoms with van der Waals surface area (Å²) in [5.41, 5.74) is 3.92. The standard InChI is InChI=1S/C10H14N2O3/c1-2-10(6-4-3-5-7-10)15-9(14)12-8(11)13/h1H,3-7H2,(H3,11,12,13,14). The highest BCUT2D eigenvalue weighted by atomic mass is 16.6. The second-order valence-corrected chi connectivity index (χ2v) is 3.58. The zero-order valence-corrected chi connectivity index (χ0v) is 8.41. The van der Waals surface area contributed by atoms with Crippen LogP contribution in [0.25, 0.3) is 0 Å². The molecule has 1 aliphatic carbocycles. The smallest absolute Gasteiger partial charge is 0.416 e. The molecular weight excluding hydrogens is 196 g/mol. The predicted octanol–water partition coefficient (Wildman–Crippen LogP) is 1.13. The van der Waals surface area contributed by atoms with Crippen molar-refractivity contribution in [2.24, 2.45) is 5.73 Å². The van der Waals surface area contributed by atoms with Gasteiger partial charge in [-0.25, -0.2) is 14.9 Å². The molecule has 0 atom stereocenters. The van der Waals surface area contributed by atoms with Crippen molar-refractivity contribution >= 4 is 12.1 Å². The van der Waals surface area contributed by atoms with Gasteiger partial charge < -0.3 is 10.5 Å². The van der Waals surface area contributed by atoms with Gasteiger partial charge in [0.25, 0.3) is 0 Å². The van der Waals surface area contributed by atoms with Crippen LogP contribution in [0.5, 0.6) is 0 Å². The molecule has 1 fully saturated rings. The Balaban J connectivity index is 2.56. The molecule has 5 nitrogen and oxygen atoms in total. The van der Waals surface area contributed by atoms with Crippen molar-refractivity contribution in [2.75, 3.05) is 0 Å². The first-order valence-electron chi connectivity index (χ1n) is 4.85. The second-order valence-electron chi connectivity index (χ2n) is 3.58. The Morgan fingerprint density at radius 2 is 1.93 bits per heavy atom. The van der Waals surface area contributed by atoms with E-state index in [1.807, 2.05) is 5.32 Å². The maximum absolute atomic E-state index is 11.2. The third kappa shape index (κ3) is 3.17. The van der Waals surface area contributed by atoms with Crippen LogP contribution in [0.1, 0.15) is 32.1 Å². The van der Waals surface area contributed by atoms with Gasteiger partial charge in [-0.05, 0) is 25.7 Å². The van der Waals surface area contributed by atoms with E-state index >= 15 is 0 Å². The molecule has 0 spiro atoms. The number of ether oxygens (including phenoxy) is 1. The SMILES string of the molecule is C#CC1(OC(=O)NC(N)=O)CCCCC1. The molecule has 0 aliphatic heterocycles. The molecule has 1 aliphatic rings. The predicted molar refractivity (Wildman–Crippen MR) is 53.8 cm³/mol. The summed E-state index contributed by atoms with van der Waals surface area (Å²) in [4.78, 5) is 21.6. The van der Waals surface area contributed by atoms with Crippen LogP contribution in [0.2, 0.25) is 0 Å². The number of carbonyl (C=O) groups is 2. The second kappa shape index (κ2) is 4.69. The van der Waals surface area contributed by atoms with Gasteiger partial charge in [0, 0.05) is 0 Å². The molecule has 3 amide bonds. The monoisotopic (exact) mass is 210 g/mol. The largest absolute Gasteiger partial charge is 0.429 e. The van der Waals surface area contributed by atoms with Crippen molar-refractivity contribution in [1.29, 1.82) is 0 Å². The van der Waals surface area contributed by atoms with E-state index in [2.05, 4.69) is 5.92 Å². The quantitative estimate of drug-likeness (QED) is 0.636. The lowest BCUT2D eigenvalue weighted by Crippen LogP contribution is -2.43. The summed E-state index contributed by atoms with van der Waals surface area (Å²) < 4.78 is 5.05. The number of amides is 3. The van der Waals surface area contributed by atoms with E-state index in [1.54, 1.807) is 0 Å². The molecule has 0 aromatic heterocycles. The summed E-state index contributed by atoms with van der Waals surface area (Å²) in [6.45, 7) is 0. The fraction of sp³-hybridized carbons (Fsp3) is 0.600. The summed E-state index contributed by atoms with van der Waals surface area (Å²) >= 11 is 0. The molecule has 3 N–H and O–H groups in total. The van der Waals surface area contributed by atoms with Crippen molar-refractivity contribution < 1.29 is 14.3 Å². The van der Waals surface area contributed by atoms with Crippen molar-refractivity contribution in [1.82, 2.24) is 5.32 Å². The molecule has 0 aromatic carbocycles. The molecule has 0 aromatic rings. The fourth-order valence-corrected chi connectivity index (χ4v) is 1.70. The first-order chi connectivity index (χ1) is 7.08. The number of alkyl carbamates (subject to hydrolysis) is 1. The van der Waals surface area contributed by atoms with Gasteiger partial charge in [-0.15, -0.1) is 6.42 Å². The van der Waals surface area contributed by atoms with E-state index in [4.69, 9.17) is 16.9 Å². The first-order valence-corrected chi connectivity index (χ1v) is 4.85. The van der Waals surface area contributed by atoms with E-state index in [9.17, 15) is 9.59 Å². The highest BCUT2D eigenvalue weighted by molar-refractivity contribution is 5.89. The molecule has 15 heavy (non-hydrogen) atoms. The number of carbonyl (C=O) groups excluding carboxylic acids is 2. The maximum Gasteiger partial charge on any atom is 0.416 e. The van der Waals surface area contributed by atoms with E-state index in [1.165, 1.54) is 0 Å². The lowest BCUT2D eigenvalue weighted by molar-refractivity contribution is 0.0295. The van der Waals surface area contributed by atoms with Crippen molar-refractivity contribution in [2.45, 2.75) is 37.7 Å². The molecule has 82 valence electrons. The first kappa shape index (κ1) is 11.4. The van der Waals surface area contributed by atoms with Gasteiger partial charge in [-0.3, -0.25) is 0 Å². The number of terminal acetylenes is 1. The molecular formula is C10H14N2O3. The Hall–Kier alpha value is -1.70. The zero-order chi connectivity index (χ0) is 11.3. The fourth-order valence-electron chi connectivity index (χ4n) is 1.70. The minimum absolute atomic E-state index is 0.635. The Labute approximate surface area is 88.3 Å². The summed E-state index contributed by atoms with van der Waals surface area (Å²) in [6, 6.07) is -0.942. The molecule has 5 heteroatoms. The van der Waals surface area contributed by atoms with Crippen LogP contribution < -0.4 is 11.1 Å². The molecule has 1 rings (SSSR count). The van der Waals surface area contributed by atoms with Crippen LogP contribution in [-0.2, 0) is 4.74 Å². The van der Waals surface area contributed by atoms with Gasteiger partial charge in [-0.1, -0.05) is 12.3 Å². The number of primary amides is 1. The number of hydrogen-bond acceptors (Lipinski definition) is 3.